The minimum atomic E-state index is -0.517. The van der Waals surface area contributed by atoms with Gasteiger partial charge in [0.2, 0.25) is 5.95 Å². The molecule has 2 aliphatic heterocycles. The van der Waals surface area contributed by atoms with E-state index >= 15 is 8.78 Å². The second kappa shape index (κ2) is 11.0. The second-order valence-corrected chi connectivity index (χ2v) is 10.9. The number of benzene rings is 2. The van der Waals surface area contributed by atoms with E-state index in [0.29, 0.717) is 34.4 Å². The van der Waals surface area contributed by atoms with Crippen LogP contribution in [0.3, 0.4) is 0 Å². The van der Waals surface area contributed by atoms with Gasteiger partial charge in [0.1, 0.15) is 12.4 Å². The number of anilines is 4. The molecule has 0 aliphatic carbocycles. The Morgan fingerprint density at radius 2 is 1.85 bits per heavy atom. The van der Waals surface area contributed by atoms with Crippen LogP contribution in [0.1, 0.15) is 26.7 Å². The first-order valence-electron chi connectivity index (χ1n) is 13.1. The van der Waals surface area contributed by atoms with Crippen molar-refractivity contribution in [3.63, 3.8) is 0 Å². The number of piperidine rings is 1. The molecular weight excluding hydrogens is 522 g/mol. The average Bonchev–Trinajstić information content (AvgIpc) is 2.89. The summed E-state index contributed by atoms with van der Waals surface area (Å²) in [5.41, 5.74) is 3.19. The monoisotopic (exact) mass is 554 g/mol. The largest absolute Gasteiger partial charge is 0.482 e. The van der Waals surface area contributed by atoms with Crippen LogP contribution in [0.15, 0.2) is 48.8 Å². The number of hydrogen-bond acceptors (Lipinski definition) is 7. The zero-order valence-electron chi connectivity index (χ0n) is 22.6. The van der Waals surface area contributed by atoms with E-state index < -0.39 is 5.82 Å². The summed E-state index contributed by atoms with van der Waals surface area (Å²) in [7, 11) is 4.17. The Morgan fingerprint density at radius 1 is 1.10 bits per heavy atom. The number of nitrogens with one attached hydrogen (secondary N) is 1. The summed E-state index contributed by atoms with van der Waals surface area (Å²) < 4.78 is 35.9. The predicted molar refractivity (Wildman–Crippen MR) is 153 cm³/mol. The van der Waals surface area contributed by atoms with Gasteiger partial charge in [0, 0.05) is 42.1 Å². The highest BCUT2D eigenvalue weighted by atomic mass is 35.5. The summed E-state index contributed by atoms with van der Waals surface area (Å²) in [6, 6.07) is 8.71. The van der Waals surface area contributed by atoms with E-state index in [0.717, 1.165) is 31.6 Å². The van der Waals surface area contributed by atoms with Crippen LogP contribution in [0, 0.1) is 11.6 Å². The van der Waals surface area contributed by atoms with E-state index in [2.05, 4.69) is 45.8 Å². The molecule has 2 aliphatic rings. The molecule has 206 valence electrons. The third kappa shape index (κ3) is 5.51. The van der Waals surface area contributed by atoms with Crippen LogP contribution in [0.5, 0.6) is 5.75 Å². The molecule has 7 nitrogen and oxygen atoms in total. The van der Waals surface area contributed by atoms with E-state index in [9.17, 15) is 0 Å². The molecule has 5 rings (SSSR count). The molecule has 0 amide bonds. The first-order valence-corrected chi connectivity index (χ1v) is 13.4. The van der Waals surface area contributed by atoms with Crippen LogP contribution in [0.4, 0.5) is 31.8 Å². The van der Waals surface area contributed by atoms with Gasteiger partial charge in [0.05, 0.1) is 28.3 Å². The van der Waals surface area contributed by atoms with Gasteiger partial charge in [-0.15, -0.1) is 0 Å². The maximum absolute atomic E-state index is 15.1. The quantitative estimate of drug-likeness (QED) is 0.375. The molecule has 0 radical (unpaired) electrons. The van der Waals surface area contributed by atoms with Gasteiger partial charge in [-0.2, -0.15) is 0 Å². The highest BCUT2D eigenvalue weighted by Gasteiger charge is 2.28. The standard InChI is InChI=1S/C29H33ClF2N6O/c1-17(2)38-18(3)16-39-28-24(32)12-19(13-26(28)38)27-22(30)15-33-29(35-27)34-20-6-7-25(23(31)14-20)37-10-8-21(9-11-37)36(4)5/h6-7,12-15,17,21H,3,8-11,16H2,1-2,4-5H3,(H,33,34,35). The lowest BCUT2D eigenvalue weighted by Gasteiger charge is -2.36. The number of aromatic nitrogens is 2. The molecule has 0 unspecified atom stereocenters. The van der Waals surface area contributed by atoms with Crippen molar-refractivity contribution in [2.45, 2.75) is 38.8 Å². The van der Waals surface area contributed by atoms with Crippen molar-refractivity contribution in [3.05, 3.63) is 65.5 Å². The molecule has 2 aromatic carbocycles. The molecule has 1 fully saturated rings. The van der Waals surface area contributed by atoms with Crippen LogP contribution < -0.4 is 19.9 Å². The van der Waals surface area contributed by atoms with Gasteiger partial charge < -0.3 is 24.8 Å². The van der Waals surface area contributed by atoms with Crippen molar-refractivity contribution >= 4 is 34.6 Å². The fourth-order valence-electron chi connectivity index (χ4n) is 5.30. The summed E-state index contributed by atoms with van der Waals surface area (Å²) in [6.45, 7) is 9.89. The average molecular weight is 555 g/mol. The van der Waals surface area contributed by atoms with E-state index in [1.54, 1.807) is 18.2 Å². The lowest BCUT2D eigenvalue weighted by molar-refractivity contribution is 0.249. The highest BCUT2D eigenvalue weighted by Crippen LogP contribution is 2.42. The molecule has 1 N–H and O–H groups in total. The maximum atomic E-state index is 15.1. The van der Waals surface area contributed by atoms with Crippen LogP contribution in [0.2, 0.25) is 5.02 Å². The van der Waals surface area contributed by atoms with Gasteiger partial charge >= 0.3 is 0 Å². The smallest absolute Gasteiger partial charge is 0.227 e. The molecule has 1 saturated heterocycles. The third-order valence-corrected chi connectivity index (χ3v) is 7.56. The minimum Gasteiger partial charge on any atom is -0.482 e. The van der Waals surface area contributed by atoms with Gasteiger partial charge in [0.25, 0.3) is 0 Å². The molecule has 0 saturated carbocycles. The number of nitrogens with zero attached hydrogens (tertiary/aromatic N) is 5. The van der Waals surface area contributed by atoms with Gasteiger partial charge in [-0.25, -0.2) is 18.7 Å². The molecule has 0 atom stereocenters. The van der Waals surface area contributed by atoms with Crippen LogP contribution >= 0.6 is 11.6 Å². The Kier molecular flexibility index (Phi) is 7.64. The number of fused-ring (bicyclic) bond motifs is 1. The zero-order valence-corrected chi connectivity index (χ0v) is 23.4. The number of hydrogen-bond donors (Lipinski definition) is 1. The fraction of sp³-hybridized carbons (Fsp3) is 0.379. The topological polar surface area (TPSA) is 56.8 Å². The molecule has 0 spiro atoms. The third-order valence-electron chi connectivity index (χ3n) is 7.28. The normalized spacial score (nSPS) is 16.1. The zero-order chi connectivity index (χ0) is 27.8. The maximum Gasteiger partial charge on any atom is 0.227 e. The summed E-state index contributed by atoms with van der Waals surface area (Å²) in [4.78, 5) is 15.0. The molecular formula is C29H33ClF2N6O. The van der Waals surface area contributed by atoms with Crippen molar-refractivity contribution in [3.8, 4) is 17.0 Å². The van der Waals surface area contributed by atoms with E-state index in [-0.39, 0.29) is 35.2 Å². The van der Waals surface area contributed by atoms with Crippen LogP contribution in [0.25, 0.3) is 11.3 Å². The Bertz CT molecular complexity index is 1390. The number of halogens is 3. The Morgan fingerprint density at radius 3 is 2.51 bits per heavy atom. The first kappa shape index (κ1) is 27.1. The molecule has 39 heavy (non-hydrogen) atoms. The van der Waals surface area contributed by atoms with Crippen molar-refractivity contribution in [2.75, 3.05) is 48.9 Å². The van der Waals surface area contributed by atoms with E-state index in [1.807, 2.05) is 18.7 Å². The van der Waals surface area contributed by atoms with Gasteiger partial charge in [0.15, 0.2) is 11.6 Å². The van der Waals surface area contributed by atoms with Crippen LogP contribution in [-0.4, -0.2) is 60.7 Å². The summed E-state index contributed by atoms with van der Waals surface area (Å²) in [5, 5.41) is 3.31. The Hall–Kier alpha value is -3.43. The SMILES string of the molecule is C=C1COc2c(F)cc(-c3nc(Nc4ccc(N5CCC(N(C)C)CC5)c(F)c4)ncc3Cl)cc2N1C(C)C. The molecule has 1 aromatic heterocycles. The summed E-state index contributed by atoms with van der Waals surface area (Å²) in [6.07, 6.45) is 3.43. The number of ether oxygens (including phenoxy) is 1. The molecule has 10 heteroatoms. The van der Waals surface area contributed by atoms with Gasteiger partial charge in [-0.1, -0.05) is 18.2 Å². The highest BCUT2D eigenvalue weighted by molar-refractivity contribution is 6.33. The lowest BCUT2D eigenvalue weighted by atomic mass is 10.0. The lowest BCUT2D eigenvalue weighted by Crippen LogP contribution is -2.42. The van der Waals surface area contributed by atoms with Crippen molar-refractivity contribution in [2.24, 2.45) is 0 Å². The second-order valence-electron chi connectivity index (χ2n) is 10.5. The van der Waals surface area contributed by atoms with E-state index in [4.69, 9.17) is 16.3 Å². The summed E-state index contributed by atoms with van der Waals surface area (Å²) >= 11 is 6.45. The van der Waals surface area contributed by atoms with Crippen molar-refractivity contribution in [1.29, 1.82) is 0 Å². The van der Waals surface area contributed by atoms with Crippen molar-refractivity contribution in [1.82, 2.24) is 14.9 Å². The first-order chi connectivity index (χ1) is 18.6. The molecule has 3 heterocycles. The Balaban J connectivity index is 1.39. The van der Waals surface area contributed by atoms with Gasteiger partial charge in [-0.05, 0) is 71.1 Å². The van der Waals surface area contributed by atoms with E-state index in [1.165, 1.54) is 18.3 Å². The molecule has 0 bridgehead atoms. The van der Waals surface area contributed by atoms with Gasteiger partial charge in [-0.3, -0.25) is 0 Å². The fourth-order valence-corrected chi connectivity index (χ4v) is 5.50. The Labute approximate surface area is 233 Å². The minimum absolute atomic E-state index is 0.0464. The molecule has 3 aromatic rings. The number of rotatable bonds is 6. The predicted octanol–water partition coefficient (Wildman–Crippen LogP) is 6.47. The van der Waals surface area contributed by atoms with Crippen LogP contribution in [-0.2, 0) is 0 Å². The summed E-state index contributed by atoms with van der Waals surface area (Å²) in [5.74, 6) is -0.446. The van der Waals surface area contributed by atoms with Crippen molar-refractivity contribution < 1.29 is 13.5 Å².